The van der Waals surface area contributed by atoms with Crippen LogP contribution < -0.4 is 0 Å². The molecule has 0 aliphatic carbocycles. The molecule has 0 heterocycles. The van der Waals surface area contributed by atoms with E-state index in [-0.39, 0.29) is 5.38 Å². The molecule has 2 aromatic carbocycles. The Labute approximate surface area is 128 Å². The summed E-state index contributed by atoms with van der Waals surface area (Å²) in [6.45, 7) is 6.36. The van der Waals surface area contributed by atoms with E-state index in [1.807, 2.05) is 0 Å². The zero-order valence-electron chi connectivity index (χ0n) is 11.5. The van der Waals surface area contributed by atoms with Gasteiger partial charge in [0.2, 0.25) is 0 Å². The van der Waals surface area contributed by atoms with Crippen molar-refractivity contribution in [3.05, 3.63) is 68.7 Å². The van der Waals surface area contributed by atoms with Crippen LogP contribution in [-0.4, -0.2) is 0 Å². The number of benzene rings is 2. The highest BCUT2D eigenvalue weighted by molar-refractivity contribution is 9.10. The summed E-state index contributed by atoms with van der Waals surface area (Å²) in [5.74, 6) is 0. The standard InChI is InChI=1S/C17H18BrCl/c1-11-4-5-13(3)14(6-11)10-17(19)15-7-12(2)8-16(18)9-15/h4-9,17H,10H2,1-3H3. The quantitative estimate of drug-likeness (QED) is 0.612. The molecule has 0 aliphatic heterocycles. The average molecular weight is 338 g/mol. The number of aryl methyl sites for hydroxylation is 3. The first-order chi connectivity index (χ1) is 8.95. The average Bonchev–Trinajstić information content (AvgIpc) is 2.32. The van der Waals surface area contributed by atoms with Crippen molar-refractivity contribution in [2.45, 2.75) is 32.6 Å². The molecule has 19 heavy (non-hydrogen) atoms. The Morgan fingerprint density at radius 1 is 1.00 bits per heavy atom. The molecule has 0 radical (unpaired) electrons. The van der Waals surface area contributed by atoms with Crippen LogP contribution in [0.5, 0.6) is 0 Å². The topological polar surface area (TPSA) is 0 Å². The van der Waals surface area contributed by atoms with Crippen molar-refractivity contribution in [3.8, 4) is 0 Å². The van der Waals surface area contributed by atoms with Gasteiger partial charge in [-0.15, -0.1) is 11.6 Å². The molecule has 1 atom stereocenters. The molecule has 0 aliphatic rings. The maximum atomic E-state index is 6.59. The lowest BCUT2D eigenvalue weighted by Gasteiger charge is -2.14. The highest BCUT2D eigenvalue weighted by Crippen LogP contribution is 2.29. The van der Waals surface area contributed by atoms with Crippen LogP contribution in [0.4, 0.5) is 0 Å². The van der Waals surface area contributed by atoms with Crippen LogP contribution in [0.1, 0.15) is 33.2 Å². The Morgan fingerprint density at radius 2 is 1.74 bits per heavy atom. The number of alkyl halides is 1. The molecule has 0 saturated heterocycles. The SMILES string of the molecule is Cc1cc(Br)cc(C(Cl)Cc2cc(C)ccc2C)c1. The summed E-state index contributed by atoms with van der Waals surface area (Å²) in [6, 6.07) is 12.9. The molecule has 0 bridgehead atoms. The molecule has 0 amide bonds. The molecule has 0 fully saturated rings. The smallest absolute Gasteiger partial charge is 0.0626 e. The molecule has 0 N–H and O–H groups in total. The van der Waals surface area contributed by atoms with Gasteiger partial charge in [-0.25, -0.2) is 0 Å². The summed E-state index contributed by atoms with van der Waals surface area (Å²) in [7, 11) is 0. The summed E-state index contributed by atoms with van der Waals surface area (Å²) in [5.41, 5.74) is 6.33. The fourth-order valence-electron chi connectivity index (χ4n) is 2.28. The molecule has 1 unspecified atom stereocenters. The molecule has 2 rings (SSSR count). The molecule has 0 nitrogen and oxygen atoms in total. The molecule has 0 saturated carbocycles. The van der Waals surface area contributed by atoms with E-state index in [2.05, 4.69) is 73.1 Å². The van der Waals surface area contributed by atoms with E-state index in [4.69, 9.17) is 11.6 Å². The minimum Gasteiger partial charge on any atom is -0.117 e. The highest BCUT2D eigenvalue weighted by atomic mass is 79.9. The highest BCUT2D eigenvalue weighted by Gasteiger charge is 2.11. The van der Waals surface area contributed by atoms with Gasteiger partial charge in [-0.3, -0.25) is 0 Å². The van der Waals surface area contributed by atoms with E-state index in [1.165, 1.54) is 27.8 Å². The first kappa shape index (κ1) is 14.6. The van der Waals surface area contributed by atoms with E-state index in [1.54, 1.807) is 0 Å². The molecule has 2 heteroatoms. The van der Waals surface area contributed by atoms with Crippen LogP contribution >= 0.6 is 27.5 Å². The summed E-state index contributed by atoms with van der Waals surface area (Å²) in [4.78, 5) is 0. The van der Waals surface area contributed by atoms with Crippen molar-refractivity contribution in [1.29, 1.82) is 0 Å². The number of hydrogen-bond acceptors (Lipinski definition) is 0. The third-order valence-electron chi connectivity index (χ3n) is 3.33. The van der Waals surface area contributed by atoms with Gasteiger partial charge in [0.1, 0.15) is 0 Å². The Kier molecular flexibility index (Phi) is 4.70. The number of rotatable bonds is 3. The largest absolute Gasteiger partial charge is 0.117 e. The zero-order chi connectivity index (χ0) is 14.0. The monoisotopic (exact) mass is 336 g/mol. The van der Waals surface area contributed by atoms with Crippen molar-refractivity contribution in [1.82, 2.24) is 0 Å². The second-order valence-electron chi connectivity index (χ2n) is 5.16. The van der Waals surface area contributed by atoms with Crippen LogP contribution in [0.2, 0.25) is 0 Å². The van der Waals surface area contributed by atoms with Gasteiger partial charge in [0, 0.05) is 4.47 Å². The summed E-state index contributed by atoms with van der Waals surface area (Å²) < 4.78 is 1.09. The van der Waals surface area contributed by atoms with Crippen molar-refractivity contribution >= 4 is 27.5 Å². The Morgan fingerprint density at radius 3 is 2.42 bits per heavy atom. The molecule has 0 aromatic heterocycles. The van der Waals surface area contributed by atoms with Crippen molar-refractivity contribution in [2.24, 2.45) is 0 Å². The summed E-state index contributed by atoms with van der Waals surface area (Å²) in [5, 5.41) is 0.0108. The van der Waals surface area contributed by atoms with Crippen molar-refractivity contribution < 1.29 is 0 Å². The van der Waals surface area contributed by atoms with E-state index in [0.29, 0.717) is 0 Å². The second kappa shape index (κ2) is 6.11. The third-order valence-corrected chi connectivity index (χ3v) is 4.19. The minimum absolute atomic E-state index is 0.0108. The van der Waals surface area contributed by atoms with Crippen LogP contribution in [-0.2, 0) is 6.42 Å². The van der Waals surface area contributed by atoms with Gasteiger partial charge in [-0.05, 0) is 61.6 Å². The van der Waals surface area contributed by atoms with Crippen molar-refractivity contribution in [3.63, 3.8) is 0 Å². The normalized spacial score (nSPS) is 12.5. The predicted molar refractivity (Wildman–Crippen MR) is 87.1 cm³/mol. The van der Waals surface area contributed by atoms with Gasteiger partial charge in [0.05, 0.1) is 5.38 Å². The van der Waals surface area contributed by atoms with Gasteiger partial charge >= 0.3 is 0 Å². The number of hydrogen-bond donors (Lipinski definition) is 0. The summed E-state index contributed by atoms with van der Waals surface area (Å²) >= 11 is 10.1. The second-order valence-corrected chi connectivity index (χ2v) is 6.61. The lowest BCUT2D eigenvalue weighted by Crippen LogP contribution is -1.99. The first-order valence-electron chi connectivity index (χ1n) is 6.43. The molecular formula is C17H18BrCl. The summed E-state index contributed by atoms with van der Waals surface area (Å²) in [6.07, 6.45) is 0.866. The Hall–Kier alpha value is -0.790. The Bertz CT molecular complexity index is 570. The zero-order valence-corrected chi connectivity index (χ0v) is 13.8. The van der Waals surface area contributed by atoms with E-state index in [9.17, 15) is 0 Å². The first-order valence-corrected chi connectivity index (χ1v) is 7.66. The van der Waals surface area contributed by atoms with E-state index < -0.39 is 0 Å². The van der Waals surface area contributed by atoms with Gasteiger partial charge in [0.15, 0.2) is 0 Å². The molecule has 0 spiro atoms. The van der Waals surface area contributed by atoms with Gasteiger partial charge in [-0.2, -0.15) is 0 Å². The third kappa shape index (κ3) is 3.84. The van der Waals surface area contributed by atoms with Gasteiger partial charge in [-0.1, -0.05) is 45.8 Å². The lowest BCUT2D eigenvalue weighted by molar-refractivity contribution is 0.906. The molecular weight excluding hydrogens is 320 g/mol. The van der Waals surface area contributed by atoms with E-state index in [0.717, 1.165) is 10.9 Å². The maximum absolute atomic E-state index is 6.59. The maximum Gasteiger partial charge on any atom is 0.0626 e. The minimum atomic E-state index is 0.0108. The van der Waals surface area contributed by atoms with E-state index >= 15 is 0 Å². The van der Waals surface area contributed by atoms with Crippen LogP contribution in [0, 0.1) is 20.8 Å². The number of halogens is 2. The fraction of sp³-hybridized carbons (Fsp3) is 0.294. The Balaban J connectivity index is 2.25. The lowest BCUT2D eigenvalue weighted by atomic mass is 9.98. The van der Waals surface area contributed by atoms with Crippen LogP contribution in [0.15, 0.2) is 40.9 Å². The van der Waals surface area contributed by atoms with Crippen molar-refractivity contribution in [2.75, 3.05) is 0 Å². The molecule has 2 aromatic rings. The van der Waals surface area contributed by atoms with Crippen LogP contribution in [0.3, 0.4) is 0 Å². The fourth-order valence-corrected chi connectivity index (χ4v) is 3.19. The van der Waals surface area contributed by atoms with Gasteiger partial charge in [0.25, 0.3) is 0 Å². The molecule has 100 valence electrons. The van der Waals surface area contributed by atoms with Crippen LogP contribution in [0.25, 0.3) is 0 Å². The predicted octanol–water partition coefficient (Wildman–Crippen LogP) is 5.90. The van der Waals surface area contributed by atoms with Gasteiger partial charge < -0.3 is 0 Å².